The van der Waals surface area contributed by atoms with Crippen LogP contribution in [0, 0.1) is 0 Å². The lowest BCUT2D eigenvalue weighted by Gasteiger charge is -2.34. The van der Waals surface area contributed by atoms with Gasteiger partial charge in [-0.3, -0.25) is 9.20 Å². The number of hydrogen-bond acceptors (Lipinski definition) is 6. The van der Waals surface area contributed by atoms with Crippen LogP contribution in [-0.4, -0.2) is 42.9 Å². The molecule has 0 spiro atoms. The Bertz CT molecular complexity index is 1530. The number of amides is 1. The minimum Gasteiger partial charge on any atom is -0.382 e. The molecule has 7 nitrogen and oxygen atoms in total. The summed E-state index contributed by atoms with van der Waals surface area (Å²) in [5.74, 6) is 1.38. The highest BCUT2D eigenvalue weighted by Crippen LogP contribution is 2.42. The van der Waals surface area contributed by atoms with E-state index < -0.39 is 16.7 Å². The largest absolute Gasteiger partial charge is 0.425 e. The summed E-state index contributed by atoms with van der Waals surface area (Å²) in [7, 11) is 0. The van der Waals surface area contributed by atoms with Crippen molar-refractivity contribution < 1.29 is 23.1 Å². The summed E-state index contributed by atoms with van der Waals surface area (Å²) < 4.78 is 41.2. The molecular weight excluding hydrogens is 515 g/mol. The number of aliphatic hydroxyl groups is 1. The zero-order valence-electron chi connectivity index (χ0n) is 20.6. The molecule has 6 rings (SSSR count). The van der Waals surface area contributed by atoms with Gasteiger partial charge in [-0.1, -0.05) is 24.3 Å². The zero-order chi connectivity index (χ0) is 26.8. The number of piperidine rings is 1. The van der Waals surface area contributed by atoms with Gasteiger partial charge in [0.15, 0.2) is 0 Å². The molecular formula is C27H26F3N5O2S. The topological polar surface area (TPSA) is 96.8 Å². The molecule has 2 fully saturated rings. The van der Waals surface area contributed by atoms with Crippen molar-refractivity contribution in [3.63, 3.8) is 0 Å². The Labute approximate surface area is 220 Å². The number of fused-ring (bicyclic) bond motifs is 2. The molecule has 3 aromatic heterocycles. The molecule has 1 unspecified atom stereocenters. The minimum atomic E-state index is -4.46. The lowest BCUT2D eigenvalue weighted by Crippen LogP contribution is -2.41. The summed E-state index contributed by atoms with van der Waals surface area (Å²) in [6.07, 6.45) is 2.35. The lowest BCUT2D eigenvalue weighted by molar-refractivity contribution is -0.134. The van der Waals surface area contributed by atoms with Crippen LogP contribution in [0.2, 0.25) is 0 Å². The van der Waals surface area contributed by atoms with Crippen molar-refractivity contribution in [2.45, 2.75) is 56.3 Å². The van der Waals surface area contributed by atoms with Crippen molar-refractivity contribution in [1.29, 1.82) is 0 Å². The Morgan fingerprint density at radius 1 is 1.08 bits per heavy atom. The maximum absolute atomic E-state index is 13.1. The number of hydrogen-bond donors (Lipinski definition) is 2. The molecule has 38 heavy (non-hydrogen) atoms. The highest BCUT2D eigenvalue weighted by Gasteiger charge is 2.39. The van der Waals surface area contributed by atoms with Crippen LogP contribution in [0.3, 0.4) is 0 Å². The van der Waals surface area contributed by atoms with E-state index in [1.807, 2.05) is 15.5 Å². The molecule has 2 saturated heterocycles. The maximum atomic E-state index is 13.1. The molecule has 1 amide bonds. The number of nitrogens with zero attached hydrogens (tertiary/aromatic N) is 4. The Morgan fingerprint density at radius 2 is 1.82 bits per heavy atom. The first-order valence-corrected chi connectivity index (χ1v) is 13.3. The van der Waals surface area contributed by atoms with Crippen molar-refractivity contribution >= 4 is 28.6 Å². The summed E-state index contributed by atoms with van der Waals surface area (Å²) in [5.41, 5.74) is 7.17. The highest BCUT2D eigenvalue weighted by molar-refractivity contribution is 7.12. The molecule has 0 bridgehead atoms. The molecule has 1 aromatic carbocycles. The number of alkyl halides is 3. The number of nitrogens with two attached hydrogens (primary N) is 1. The molecule has 198 valence electrons. The van der Waals surface area contributed by atoms with Crippen LogP contribution in [0.1, 0.15) is 59.7 Å². The van der Waals surface area contributed by atoms with Crippen molar-refractivity contribution in [2.24, 2.45) is 0 Å². The van der Waals surface area contributed by atoms with Gasteiger partial charge in [0.1, 0.15) is 33.3 Å². The Balaban J connectivity index is 1.35. The van der Waals surface area contributed by atoms with E-state index in [0.29, 0.717) is 52.9 Å². The molecule has 2 aliphatic heterocycles. The van der Waals surface area contributed by atoms with Gasteiger partial charge in [-0.25, -0.2) is 9.97 Å². The Morgan fingerprint density at radius 3 is 2.53 bits per heavy atom. The second-order valence-corrected chi connectivity index (χ2v) is 11.3. The van der Waals surface area contributed by atoms with Gasteiger partial charge < -0.3 is 15.7 Å². The van der Waals surface area contributed by atoms with Crippen molar-refractivity contribution in [1.82, 2.24) is 19.3 Å². The highest BCUT2D eigenvalue weighted by atomic mass is 32.1. The monoisotopic (exact) mass is 541 g/mol. The molecule has 4 aromatic rings. The van der Waals surface area contributed by atoms with Gasteiger partial charge in [0.2, 0.25) is 5.91 Å². The van der Waals surface area contributed by atoms with Gasteiger partial charge in [0.25, 0.3) is 0 Å². The van der Waals surface area contributed by atoms with Gasteiger partial charge >= 0.3 is 6.18 Å². The summed E-state index contributed by atoms with van der Waals surface area (Å²) in [6.45, 7) is 2.10. The van der Waals surface area contributed by atoms with Crippen LogP contribution < -0.4 is 5.73 Å². The average molecular weight is 542 g/mol. The Hall–Kier alpha value is -3.44. The summed E-state index contributed by atoms with van der Waals surface area (Å²) in [6, 6.07) is 9.54. The summed E-state index contributed by atoms with van der Waals surface area (Å²) >= 11 is 0.528. The van der Waals surface area contributed by atoms with E-state index in [1.165, 1.54) is 13.0 Å². The average Bonchev–Trinajstić information content (AvgIpc) is 3.62. The molecule has 3 N–H and O–H groups in total. The number of rotatable bonds is 4. The minimum absolute atomic E-state index is 0.0537. The fourth-order valence-electron chi connectivity index (χ4n) is 5.70. The third kappa shape index (κ3) is 4.04. The van der Waals surface area contributed by atoms with Crippen molar-refractivity contribution in [3.05, 3.63) is 69.9 Å². The molecule has 3 atom stereocenters. The molecule has 0 aliphatic carbocycles. The van der Waals surface area contributed by atoms with E-state index in [1.54, 1.807) is 30.5 Å². The van der Waals surface area contributed by atoms with Gasteiger partial charge in [-0.05, 0) is 43.9 Å². The second-order valence-electron chi connectivity index (χ2n) is 10.2. The van der Waals surface area contributed by atoms with Gasteiger partial charge in [-0.2, -0.15) is 13.2 Å². The number of anilines is 1. The lowest BCUT2D eigenvalue weighted by atomic mass is 9.92. The quantitative estimate of drug-likeness (QED) is 0.371. The van der Waals surface area contributed by atoms with Crippen LogP contribution in [-0.2, 0) is 16.6 Å². The normalized spacial score (nSPS) is 21.6. The number of thiophene rings is 1. The second kappa shape index (κ2) is 8.81. The van der Waals surface area contributed by atoms with Crippen LogP contribution in [0.5, 0.6) is 0 Å². The van der Waals surface area contributed by atoms with E-state index in [9.17, 15) is 23.1 Å². The standard InChI is InChI=1S/C27H26F3N5O2S/c1-26(37,19-9-10-20(38-19)27(28,29)30)17-5-2-15(3-6-17)22-23-24(31)32-12-13-34(23)25(33-22)16-4-7-18-8-11-21(36)35(18)14-16/h2-3,5-6,9-10,12-13,16,18,37H,4,7-8,11,14H2,1H3,(H2,31,32)/t16-,18+,26?/m1/s1. The van der Waals surface area contributed by atoms with Crippen molar-refractivity contribution in [3.8, 4) is 11.3 Å². The van der Waals surface area contributed by atoms with E-state index in [2.05, 4.69) is 4.98 Å². The smallest absolute Gasteiger partial charge is 0.382 e. The van der Waals surface area contributed by atoms with Crippen LogP contribution in [0.15, 0.2) is 48.8 Å². The number of benzene rings is 1. The number of nitrogen functional groups attached to an aromatic ring is 1. The predicted molar refractivity (Wildman–Crippen MR) is 138 cm³/mol. The molecule has 0 radical (unpaired) electrons. The van der Waals surface area contributed by atoms with E-state index >= 15 is 0 Å². The van der Waals surface area contributed by atoms with Crippen molar-refractivity contribution in [2.75, 3.05) is 12.3 Å². The fourth-order valence-corrected chi connectivity index (χ4v) is 6.64. The number of carbonyl (C=O) groups excluding carboxylic acids is 1. The first kappa shape index (κ1) is 24.9. The predicted octanol–water partition coefficient (Wildman–Crippen LogP) is 5.18. The number of carbonyl (C=O) groups is 1. The number of aromatic nitrogens is 3. The first-order chi connectivity index (χ1) is 18.0. The number of halogens is 3. The van der Waals surface area contributed by atoms with Gasteiger partial charge in [-0.15, -0.1) is 11.3 Å². The molecule has 11 heteroatoms. The fraction of sp³-hybridized carbons (Fsp3) is 0.370. The van der Waals surface area contributed by atoms with Gasteiger partial charge in [0.05, 0.1) is 0 Å². The van der Waals surface area contributed by atoms with Crippen LogP contribution >= 0.6 is 11.3 Å². The van der Waals surface area contributed by atoms with E-state index in [4.69, 9.17) is 10.7 Å². The van der Waals surface area contributed by atoms with Gasteiger partial charge in [0, 0.05) is 47.8 Å². The van der Waals surface area contributed by atoms with E-state index in [0.717, 1.165) is 36.7 Å². The summed E-state index contributed by atoms with van der Waals surface area (Å²) in [5, 5.41) is 11.1. The van der Waals surface area contributed by atoms with Crippen LogP contribution in [0.25, 0.3) is 16.8 Å². The summed E-state index contributed by atoms with van der Waals surface area (Å²) in [4.78, 5) is 23.1. The third-order valence-corrected chi connectivity index (χ3v) is 9.12. The van der Waals surface area contributed by atoms with E-state index in [-0.39, 0.29) is 16.7 Å². The molecule has 2 aliphatic rings. The third-order valence-electron chi connectivity index (χ3n) is 7.78. The molecule has 5 heterocycles. The SMILES string of the molecule is CC(O)(c1ccc(-c2nc([C@@H]3CC[C@H]4CCC(=O)N4C3)n3ccnc(N)c23)cc1)c1ccc(C(F)(F)F)s1. The number of imidazole rings is 1. The molecule has 0 saturated carbocycles. The van der Waals surface area contributed by atoms with Crippen LogP contribution in [0.4, 0.5) is 19.0 Å². The first-order valence-electron chi connectivity index (χ1n) is 12.5. The maximum Gasteiger partial charge on any atom is 0.425 e. The Kier molecular flexibility index (Phi) is 5.76. The zero-order valence-corrected chi connectivity index (χ0v) is 21.4.